The van der Waals surface area contributed by atoms with Gasteiger partial charge >= 0.3 is 0 Å². The van der Waals surface area contributed by atoms with Gasteiger partial charge in [-0.2, -0.15) is 0 Å². The van der Waals surface area contributed by atoms with Crippen LogP contribution in [0.2, 0.25) is 0 Å². The highest BCUT2D eigenvalue weighted by Crippen LogP contribution is 2.24. The van der Waals surface area contributed by atoms with E-state index in [-0.39, 0.29) is 5.91 Å². The number of carbonyl (C=O) groups is 1. The fourth-order valence-electron chi connectivity index (χ4n) is 3.62. The molecule has 1 aromatic rings. The molecule has 21 heavy (non-hydrogen) atoms. The summed E-state index contributed by atoms with van der Waals surface area (Å²) in [5.41, 5.74) is 1.80. The van der Waals surface area contributed by atoms with Gasteiger partial charge in [-0.3, -0.25) is 9.69 Å². The van der Waals surface area contributed by atoms with Crippen molar-refractivity contribution in [3.05, 3.63) is 17.0 Å². The predicted octanol–water partition coefficient (Wildman–Crippen LogP) is 1.92. The first-order chi connectivity index (χ1) is 10.1. The van der Waals surface area contributed by atoms with Crippen LogP contribution in [0.3, 0.4) is 0 Å². The standard InChI is InChI=1S/C16H25N3O2/c1-12-15(13(2)21-17-12)11-16(20)19-9-7-18(8-10-19)14-5-3-4-6-14/h14H,3-11H2,1-2H3. The van der Waals surface area contributed by atoms with Gasteiger partial charge < -0.3 is 9.42 Å². The Morgan fingerprint density at radius 1 is 1.19 bits per heavy atom. The Labute approximate surface area is 126 Å². The summed E-state index contributed by atoms with van der Waals surface area (Å²) >= 11 is 0. The Morgan fingerprint density at radius 3 is 2.43 bits per heavy atom. The molecule has 0 unspecified atom stereocenters. The first-order valence-electron chi connectivity index (χ1n) is 8.08. The van der Waals surface area contributed by atoms with Gasteiger partial charge in [-0.15, -0.1) is 0 Å². The lowest BCUT2D eigenvalue weighted by Gasteiger charge is -2.38. The van der Waals surface area contributed by atoms with E-state index in [1.54, 1.807) is 0 Å². The van der Waals surface area contributed by atoms with E-state index < -0.39 is 0 Å². The van der Waals surface area contributed by atoms with Crippen molar-refractivity contribution in [2.45, 2.75) is 52.0 Å². The lowest BCUT2D eigenvalue weighted by molar-refractivity contribution is -0.132. The number of aromatic nitrogens is 1. The van der Waals surface area contributed by atoms with E-state index in [2.05, 4.69) is 10.1 Å². The summed E-state index contributed by atoms with van der Waals surface area (Å²) in [5, 5.41) is 3.92. The second-order valence-corrected chi connectivity index (χ2v) is 6.33. The van der Waals surface area contributed by atoms with Gasteiger partial charge in [0.2, 0.25) is 5.91 Å². The monoisotopic (exact) mass is 291 g/mol. The molecule has 0 atom stereocenters. The number of nitrogens with zero attached hydrogens (tertiary/aromatic N) is 3. The van der Waals surface area contributed by atoms with Crippen LogP contribution in [-0.2, 0) is 11.2 Å². The van der Waals surface area contributed by atoms with Gasteiger partial charge in [-0.05, 0) is 26.7 Å². The summed E-state index contributed by atoms with van der Waals surface area (Å²) in [6.07, 6.45) is 5.84. The maximum atomic E-state index is 12.4. The molecule has 1 aliphatic heterocycles. The SMILES string of the molecule is Cc1noc(C)c1CC(=O)N1CCN(C2CCCC2)CC1. The number of carbonyl (C=O) groups excluding carboxylic acids is 1. The highest BCUT2D eigenvalue weighted by atomic mass is 16.5. The van der Waals surface area contributed by atoms with Gasteiger partial charge in [-0.25, -0.2) is 0 Å². The van der Waals surface area contributed by atoms with Crippen LogP contribution in [0, 0.1) is 13.8 Å². The summed E-state index contributed by atoms with van der Waals surface area (Å²) in [5.74, 6) is 0.973. The van der Waals surface area contributed by atoms with E-state index >= 15 is 0 Å². The summed E-state index contributed by atoms with van der Waals surface area (Å²) in [4.78, 5) is 17.0. The molecule has 2 heterocycles. The second kappa shape index (κ2) is 6.18. The average Bonchev–Trinajstić information content (AvgIpc) is 3.13. The van der Waals surface area contributed by atoms with Gasteiger partial charge in [0.05, 0.1) is 12.1 Å². The number of amides is 1. The molecule has 0 aromatic carbocycles. The third-order valence-electron chi connectivity index (χ3n) is 5.02. The van der Waals surface area contributed by atoms with Crippen molar-refractivity contribution in [2.75, 3.05) is 26.2 Å². The van der Waals surface area contributed by atoms with Crippen molar-refractivity contribution in [3.63, 3.8) is 0 Å². The molecule has 1 saturated heterocycles. The van der Waals surface area contributed by atoms with Crippen LogP contribution in [0.25, 0.3) is 0 Å². The van der Waals surface area contributed by atoms with Crippen LogP contribution >= 0.6 is 0 Å². The zero-order valence-corrected chi connectivity index (χ0v) is 13.1. The second-order valence-electron chi connectivity index (χ2n) is 6.33. The minimum Gasteiger partial charge on any atom is -0.361 e. The average molecular weight is 291 g/mol. The number of piperazine rings is 1. The fraction of sp³-hybridized carbons (Fsp3) is 0.750. The van der Waals surface area contributed by atoms with Crippen molar-refractivity contribution in [2.24, 2.45) is 0 Å². The molecule has 5 heteroatoms. The molecule has 0 bridgehead atoms. The van der Waals surface area contributed by atoms with Crippen LogP contribution < -0.4 is 0 Å². The van der Waals surface area contributed by atoms with E-state index in [9.17, 15) is 4.79 Å². The molecule has 0 spiro atoms. The first kappa shape index (κ1) is 14.6. The Kier molecular flexibility index (Phi) is 4.29. The lowest BCUT2D eigenvalue weighted by atomic mass is 10.1. The number of rotatable bonds is 3. The van der Waals surface area contributed by atoms with Crippen LogP contribution in [0.4, 0.5) is 0 Å². The van der Waals surface area contributed by atoms with Gasteiger partial charge in [0.15, 0.2) is 0 Å². The van der Waals surface area contributed by atoms with Gasteiger partial charge in [0.1, 0.15) is 5.76 Å². The van der Waals surface area contributed by atoms with E-state index in [4.69, 9.17) is 4.52 Å². The minimum atomic E-state index is 0.204. The molecule has 2 aliphatic rings. The minimum absolute atomic E-state index is 0.204. The van der Waals surface area contributed by atoms with Crippen molar-refractivity contribution < 1.29 is 9.32 Å². The van der Waals surface area contributed by atoms with E-state index in [0.717, 1.165) is 49.2 Å². The van der Waals surface area contributed by atoms with Crippen molar-refractivity contribution in [1.29, 1.82) is 0 Å². The maximum Gasteiger partial charge on any atom is 0.227 e. The smallest absolute Gasteiger partial charge is 0.227 e. The highest BCUT2D eigenvalue weighted by molar-refractivity contribution is 5.79. The first-order valence-corrected chi connectivity index (χ1v) is 8.08. The number of hydrogen-bond donors (Lipinski definition) is 0. The van der Waals surface area contributed by atoms with Gasteiger partial charge in [0.25, 0.3) is 0 Å². The van der Waals surface area contributed by atoms with E-state index in [0.29, 0.717) is 6.42 Å². The Balaban J connectivity index is 1.53. The normalized spacial score (nSPS) is 21.1. The molecular formula is C16H25N3O2. The third-order valence-corrected chi connectivity index (χ3v) is 5.02. The van der Waals surface area contributed by atoms with Crippen molar-refractivity contribution in [1.82, 2.24) is 15.0 Å². The number of aryl methyl sites for hydroxylation is 2. The summed E-state index contributed by atoms with van der Waals surface area (Å²) in [6.45, 7) is 7.55. The fourth-order valence-corrected chi connectivity index (χ4v) is 3.62. The van der Waals surface area contributed by atoms with Crippen LogP contribution in [0.5, 0.6) is 0 Å². The molecule has 1 amide bonds. The molecule has 1 saturated carbocycles. The topological polar surface area (TPSA) is 49.6 Å². The predicted molar refractivity (Wildman–Crippen MR) is 80.1 cm³/mol. The molecule has 0 N–H and O–H groups in total. The summed E-state index contributed by atoms with van der Waals surface area (Å²) in [7, 11) is 0. The lowest BCUT2D eigenvalue weighted by Crippen LogP contribution is -2.51. The zero-order valence-electron chi connectivity index (χ0n) is 13.1. The van der Waals surface area contributed by atoms with Crippen LogP contribution in [0.15, 0.2) is 4.52 Å². The van der Waals surface area contributed by atoms with Gasteiger partial charge in [-0.1, -0.05) is 18.0 Å². The van der Waals surface area contributed by atoms with Crippen LogP contribution in [-0.4, -0.2) is 53.1 Å². The Hall–Kier alpha value is -1.36. The zero-order chi connectivity index (χ0) is 14.8. The third kappa shape index (κ3) is 3.12. The highest BCUT2D eigenvalue weighted by Gasteiger charge is 2.28. The summed E-state index contributed by atoms with van der Waals surface area (Å²) < 4.78 is 5.14. The van der Waals surface area contributed by atoms with Gasteiger partial charge in [0, 0.05) is 37.8 Å². The molecule has 116 valence electrons. The molecule has 5 nitrogen and oxygen atoms in total. The molecule has 2 fully saturated rings. The Bertz CT molecular complexity index is 478. The molecule has 3 rings (SSSR count). The van der Waals surface area contributed by atoms with Crippen LogP contribution in [0.1, 0.15) is 42.7 Å². The molecule has 0 radical (unpaired) electrons. The summed E-state index contributed by atoms with van der Waals surface area (Å²) in [6, 6.07) is 0.768. The van der Waals surface area contributed by atoms with E-state index in [1.807, 2.05) is 18.7 Å². The molecule has 1 aromatic heterocycles. The maximum absolute atomic E-state index is 12.4. The quantitative estimate of drug-likeness (QED) is 0.854. The molecular weight excluding hydrogens is 266 g/mol. The Morgan fingerprint density at radius 2 is 1.86 bits per heavy atom. The number of hydrogen-bond acceptors (Lipinski definition) is 4. The van der Waals surface area contributed by atoms with Crippen molar-refractivity contribution in [3.8, 4) is 0 Å². The largest absolute Gasteiger partial charge is 0.361 e. The van der Waals surface area contributed by atoms with E-state index in [1.165, 1.54) is 25.7 Å². The molecule has 1 aliphatic carbocycles. The van der Waals surface area contributed by atoms with Crippen molar-refractivity contribution >= 4 is 5.91 Å².